The zero-order chi connectivity index (χ0) is 21.6. The lowest BCUT2D eigenvalue weighted by Gasteiger charge is -2.28. The zero-order valence-corrected chi connectivity index (χ0v) is 20.4. The van der Waals surface area contributed by atoms with E-state index in [1.807, 2.05) is 0 Å². The van der Waals surface area contributed by atoms with Crippen LogP contribution in [0, 0.1) is 5.41 Å². The Morgan fingerprint density at radius 2 is 1.00 bits per heavy atom. The number of rotatable bonds is 22. The van der Waals surface area contributed by atoms with Crippen LogP contribution in [0.2, 0.25) is 0 Å². The number of hydrogen-bond donors (Lipinski definition) is 0. The van der Waals surface area contributed by atoms with Crippen LogP contribution >= 0.6 is 0 Å². The summed E-state index contributed by atoms with van der Waals surface area (Å²) in [6.07, 6.45) is 23.6. The summed E-state index contributed by atoms with van der Waals surface area (Å²) in [6, 6.07) is 0. The van der Waals surface area contributed by atoms with Crippen LogP contribution < -0.4 is 0 Å². The number of carbonyl (C=O) groups excluding carboxylic acids is 1. The van der Waals surface area contributed by atoms with Crippen LogP contribution in [0.25, 0.3) is 0 Å². The third-order valence-corrected chi connectivity index (χ3v) is 6.51. The molecule has 0 rings (SSSR count). The minimum Gasteiger partial charge on any atom is -0.298 e. The van der Waals surface area contributed by atoms with E-state index in [1.54, 1.807) is 0 Å². The second kappa shape index (κ2) is 20.7. The van der Waals surface area contributed by atoms with Crippen molar-refractivity contribution in [3.63, 3.8) is 0 Å². The first-order chi connectivity index (χ1) is 14.2. The molecule has 0 aliphatic rings. The van der Waals surface area contributed by atoms with Gasteiger partial charge in [-0.3, -0.25) is 4.89 Å². The Kier molecular flexibility index (Phi) is 20.3. The molecule has 0 aromatic carbocycles. The minimum absolute atomic E-state index is 0.159. The van der Waals surface area contributed by atoms with Gasteiger partial charge in [-0.1, -0.05) is 124 Å². The summed E-state index contributed by atoms with van der Waals surface area (Å²) >= 11 is 0. The highest BCUT2D eigenvalue weighted by atomic mass is 17.2. The van der Waals surface area contributed by atoms with Gasteiger partial charge in [0.15, 0.2) is 0 Å². The van der Waals surface area contributed by atoms with E-state index in [4.69, 9.17) is 9.78 Å². The van der Waals surface area contributed by atoms with Gasteiger partial charge in [0.25, 0.3) is 0 Å². The van der Waals surface area contributed by atoms with Gasteiger partial charge in [0.1, 0.15) is 0 Å². The molecule has 3 heteroatoms. The molecule has 0 unspecified atom stereocenters. The summed E-state index contributed by atoms with van der Waals surface area (Å²) in [5.41, 5.74) is -0.358. The molecule has 0 aromatic rings. The quantitative estimate of drug-likeness (QED) is 0.101. The second-order valence-electron chi connectivity index (χ2n) is 8.88. The minimum atomic E-state index is -0.358. The van der Waals surface area contributed by atoms with Crippen LogP contribution in [0.3, 0.4) is 0 Å². The van der Waals surface area contributed by atoms with Crippen LogP contribution in [0.1, 0.15) is 150 Å². The van der Waals surface area contributed by atoms with Gasteiger partial charge in [-0.25, -0.2) is 4.79 Å². The highest BCUT2D eigenvalue weighted by Gasteiger charge is 2.36. The third-order valence-electron chi connectivity index (χ3n) is 6.51. The van der Waals surface area contributed by atoms with Crippen molar-refractivity contribution >= 4 is 5.97 Å². The first-order valence-corrected chi connectivity index (χ1v) is 13.0. The van der Waals surface area contributed by atoms with Crippen molar-refractivity contribution in [3.8, 4) is 0 Å². The van der Waals surface area contributed by atoms with E-state index in [2.05, 4.69) is 27.7 Å². The monoisotopic (exact) mass is 412 g/mol. The summed E-state index contributed by atoms with van der Waals surface area (Å²) in [6.45, 7) is 9.08. The summed E-state index contributed by atoms with van der Waals surface area (Å²) in [7, 11) is 0. The molecule has 0 atom stereocenters. The maximum Gasteiger partial charge on any atom is 0.348 e. The zero-order valence-electron chi connectivity index (χ0n) is 20.4. The average Bonchev–Trinajstić information content (AvgIpc) is 2.74. The predicted octanol–water partition coefficient (Wildman–Crippen LogP) is 8.94. The Labute approximate surface area is 182 Å². The van der Waals surface area contributed by atoms with Gasteiger partial charge in [0.05, 0.1) is 12.0 Å². The fourth-order valence-electron chi connectivity index (χ4n) is 4.04. The molecular formula is C26H52O3. The Hall–Kier alpha value is -0.570. The van der Waals surface area contributed by atoms with Crippen LogP contribution in [-0.4, -0.2) is 12.6 Å². The lowest BCUT2D eigenvalue weighted by molar-refractivity contribution is -0.282. The lowest BCUT2D eigenvalue weighted by atomic mass is 9.78. The average molecular weight is 413 g/mol. The molecule has 0 aromatic heterocycles. The molecule has 0 fully saturated rings. The molecule has 29 heavy (non-hydrogen) atoms. The fraction of sp³-hybridized carbons (Fsp3) is 0.962. The molecule has 0 N–H and O–H groups in total. The summed E-state index contributed by atoms with van der Waals surface area (Å²) in [5.74, 6) is -0.159. The first-order valence-electron chi connectivity index (χ1n) is 13.0. The molecule has 3 nitrogen and oxygen atoms in total. The molecule has 0 amide bonds. The van der Waals surface area contributed by atoms with E-state index in [0.29, 0.717) is 6.61 Å². The Morgan fingerprint density at radius 1 is 0.586 bits per heavy atom. The molecule has 0 heterocycles. The second-order valence-corrected chi connectivity index (χ2v) is 8.88. The van der Waals surface area contributed by atoms with Crippen molar-refractivity contribution in [3.05, 3.63) is 0 Å². The van der Waals surface area contributed by atoms with Gasteiger partial charge < -0.3 is 0 Å². The van der Waals surface area contributed by atoms with Crippen LogP contribution in [0.4, 0.5) is 0 Å². The summed E-state index contributed by atoms with van der Waals surface area (Å²) < 4.78 is 0. The highest BCUT2D eigenvalue weighted by molar-refractivity contribution is 5.76. The molecular weight excluding hydrogens is 360 g/mol. The van der Waals surface area contributed by atoms with Crippen molar-refractivity contribution in [1.82, 2.24) is 0 Å². The molecule has 0 aliphatic heterocycles. The summed E-state index contributed by atoms with van der Waals surface area (Å²) in [5, 5.41) is 0. The van der Waals surface area contributed by atoms with Gasteiger partial charge in [0.2, 0.25) is 0 Å². The number of carbonyl (C=O) groups is 1. The molecule has 0 bridgehead atoms. The largest absolute Gasteiger partial charge is 0.348 e. The molecule has 174 valence electrons. The Morgan fingerprint density at radius 3 is 1.41 bits per heavy atom. The van der Waals surface area contributed by atoms with E-state index in [9.17, 15) is 4.79 Å². The predicted molar refractivity (Wildman–Crippen MR) is 125 cm³/mol. The van der Waals surface area contributed by atoms with Crippen molar-refractivity contribution < 1.29 is 14.6 Å². The Balaban J connectivity index is 3.69. The highest BCUT2D eigenvalue weighted by Crippen LogP contribution is 2.34. The normalized spacial score (nSPS) is 11.7. The standard InChI is InChI=1S/C26H52O3/c1-5-9-11-12-13-14-15-16-17-18-19-20-21-22-23-26(7-3,8-4)25(27)29-28-24-10-6-2/h5-24H2,1-4H3. The van der Waals surface area contributed by atoms with Gasteiger partial charge in [0, 0.05) is 0 Å². The van der Waals surface area contributed by atoms with Gasteiger partial charge in [-0.05, 0) is 25.7 Å². The van der Waals surface area contributed by atoms with Gasteiger partial charge >= 0.3 is 5.97 Å². The molecule has 0 aliphatic carbocycles. The van der Waals surface area contributed by atoms with E-state index >= 15 is 0 Å². The molecule has 0 saturated carbocycles. The van der Waals surface area contributed by atoms with Gasteiger partial charge in [-0.2, -0.15) is 4.89 Å². The molecule has 0 saturated heterocycles. The summed E-state index contributed by atoms with van der Waals surface area (Å²) in [4.78, 5) is 22.8. The number of unbranched alkanes of at least 4 members (excludes halogenated alkanes) is 14. The fourth-order valence-corrected chi connectivity index (χ4v) is 4.04. The van der Waals surface area contributed by atoms with Crippen molar-refractivity contribution in [2.45, 2.75) is 150 Å². The first kappa shape index (κ1) is 28.4. The number of hydrogen-bond acceptors (Lipinski definition) is 3. The van der Waals surface area contributed by atoms with E-state index in [1.165, 1.54) is 83.5 Å². The van der Waals surface area contributed by atoms with E-state index in [0.717, 1.165) is 38.5 Å². The van der Waals surface area contributed by atoms with Crippen LogP contribution in [-0.2, 0) is 14.6 Å². The van der Waals surface area contributed by atoms with Crippen molar-refractivity contribution in [1.29, 1.82) is 0 Å². The molecule has 0 radical (unpaired) electrons. The smallest absolute Gasteiger partial charge is 0.298 e. The van der Waals surface area contributed by atoms with Crippen LogP contribution in [0.15, 0.2) is 0 Å². The van der Waals surface area contributed by atoms with Gasteiger partial charge in [-0.15, -0.1) is 0 Å². The SMILES string of the molecule is CCCCCCCCCCCCCCCCC(CC)(CC)C(=O)OOCCCC. The van der Waals surface area contributed by atoms with Crippen molar-refractivity contribution in [2.75, 3.05) is 6.61 Å². The Bertz CT molecular complexity index is 350. The lowest BCUT2D eigenvalue weighted by Crippen LogP contribution is -2.32. The van der Waals surface area contributed by atoms with E-state index in [-0.39, 0.29) is 11.4 Å². The van der Waals surface area contributed by atoms with E-state index < -0.39 is 0 Å². The topological polar surface area (TPSA) is 35.5 Å². The maximum atomic E-state index is 12.5. The van der Waals surface area contributed by atoms with Crippen molar-refractivity contribution in [2.24, 2.45) is 5.41 Å². The molecule has 0 spiro atoms. The maximum absolute atomic E-state index is 12.5. The third kappa shape index (κ3) is 15.0. The van der Waals surface area contributed by atoms with Crippen LogP contribution in [0.5, 0.6) is 0 Å².